The number of allylic oxidation sites excluding steroid dienone is 5. The number of carbonyl (C=O) groups is 2. The van der Waals surface area contributed by atoms with Gasteiger partial charge in [0.05, 0.1) is 0 Å². The highest BCUT2D eigenvalue weighted by atomic mass is 16.1. The van der Waals surface area contributed by atoms with Gasteiger partial charge in [-0.05, 0) is 49.9 Å². The fourth-order valence-corrected chi connectivity index (χ4v) is 6.34. The van der Waals surface area contributed by atoms with Crippen LogP contribution < -0.4 is 0 Å². The molecule has 0 bridgehead atoms. The summed E-state index contributed by atoms with van der Waals surface area (Å²) < 4.78 is 0. The monoisotopic (exact) mass is 326 g/mol. The number of hydrogen-bond acceptors (Lipinski definition) is 2. The Balaban J connectivity index is 2.06. The molecule has 0 saturated heterocycles. The summed E-state index contributed by atoms with van der Waals surface area (Å²) in [4.78, 5) is 24.8. The zero-order valence-electron chi connectivity index (χ0n) is 15.3. The van der Waals surface area contributed by atoms with E-state index in [1.807, 2.05) is 13.0 Å². The predicted octanol–water partition coefficient (Wildman–Crippen LogP) is 4.91. The molecule has 3 fully saturated rings. The second-order valence-corrected chi connectivity index (χ2v) is 8.47. The van der Waals surface area contributed by atoms with Crippen molar-refractivity contribution >= 4 is 12.1 Å². The Morgan fingerprint density at radius 2 is 1.96 bits per heavy atom. The van der Waals surface area contributed by atoms with Crippen molar-refractivity contribution in [1.29, 1.82) is 0 Å². The van der Waals surface area contributed by atoms with E-state index in [9.17, 15) is 9.59 Å². The van der Waals surface area contributed by atoms with Gasteiger partial charge in [-0.3, -0.25) is 4.79 Å². The Bertz CT molecular complexity index is 613. The van der Waals surface area contributed by atoms with Crippen molar-refractivity contribution < 1.29 is 9.59 Å². The quantitative estimate of drug-likeness (QED) is 0.545. The van der Waals surface area contributed by atoms with Crippen LogP contribution in [0.3, 0.4) is 0 Å². The molecule has 2 nitrogen and oxygen atoms in total. The largest absolute Gasteiger partial charge is 0.303 e. The summed E-state index contributed by atoms with van der Waals surface area (Å²) in [5, 5.41) is 0. The molecule has 3 aliphatic rings. The van der Waals surface area contributed by atoms with Gasteiger partial charge in [-0.25, -0.2) is 0 Å². The second kappa shape index (κ2) is 6.13. The van der Waals surface area contributed by atoms with Crippen LogP contribution >= 0.6 is 0 Å². The fraction of sp³-hybridized carbons (Fsp3) is 0.636. The van der Waals surface area contributed by atoms with Gasteiger partial charge in [-0.15, -0.1) is 0 Å². The zero-order valence-corrected chi connectivity index (χ0v) is 15.3. The van der Waals surface area contributed by atoms with Crippen molar-refractivity contribution in [1.82, 2.24) is 0 Å². The summed E-state index contributed by atoms with van der Waals surface area (Å²) in [5.41, 5.74) is 1.01. The zero-order chi connectivity index (χ0) is 17.5. The Labute approximate surface area is 146 Å². The van der Waals surface area contributed by atoms with Crippen LogP contribution in [-0.4, -0.2) is 12.1 Å². The summed E-state index contributed by atoms with van der Waals surface area (Å²) in [5.74, 6) is 1.39. The number of ketones is 1. The molecule has 0 aliphatic heterocycles. The maximum atomic E-state index is 13.3. The molecule has 0 spiro atoms. The van der Waals surface area contributed by atoms with Gasteiger partial charge in [0.25, 0.3) is 0 Å². The van der Waals surface area contributed by atoms with Crippen LogP contribution in [0, 0.1) is 34.5 Å². The van der Waals surface area contributed by atoms with Crippen molar-refractivity contribution in [3.63, 3.8) is 0 Å². The maximum Gasteiger partial charge on any atom is 0.138 e. The number of fused-ring (bicyclic) bond motifs is 3. The lowest BCUT2D eigenvalue weighted by Crippen LogP contribution is -2.53. The molecular formula is C22H30O2. The Morgan fingerprint density at radius 1 is 1.21 bits per heavy atom. The van der Waals surface area contributed by atoms with Crippen LogP contribution in [0.2, 0.25) is 0 Å². The third-order valence-electron chi connectivity index (χ3n) is 7.41. The van der Waals surface area contributed by atoms with Gasteiger partial charge in [-0.1, -0.05) is 50.3 Å². The summed E-state index contributed by atoms with van der Waals surface area (Å²) >= 11 is 0. The van der Waals surface area contributed by atoms with Gasteiger partial charge < -0.3 is 4.79 Å². The van der Waals surface area contributed by atoms with Gasteiger partial charge in [0, 0.05) is 23.7 Å². The highest BCUT2D eigenvalue weighted by Crippen LogP contribution is 2.64. The van der Waals surface area contributed by atoms with Gasteiger partial charge in [0.2, 0.25) is 0 Å². The van der Waals surface area contributed by atoms with E-state index < -0.39 is 0 Å². The number of Topliss-reactive ketones (excluding diaryl/α,β-unsaturated/α-hetero) is 1. The average molecular weight is 326 g/mol. The maximum absolute atomic E-state index is 13.3. The first-order valence-corrected chi connectivity index (χ1v) is 9.36. The molecule has 2 heteroatoms. The van der Waals surface area contributed by atoms with Crippen LogP contribution in [0.15, 0.2) is 36.5 Å². The van der Waals surface area contributed by atoms with Gasteiger partial charge in [-0.2, -0.15) is 0 Å². The molecule has 6 atom stereocenters. The van der Waals surface area contributed by atoms with Crippen LogP contribution in [0.1, 0.15) is 52.9 Å². The van der Waals surface area contributed by atoms with E-state index in [2.05, 4.69) is 38.7 Å². The molecule has 6 unspecified atom stereocenters. The third-order valence-corrected chi connectivity index (χ3v) is 7.41. The lowest BCUT2D eigenvalue weighted by atomic mass is 9.48. The Morgan fingerprint density at radius 3 is 2.58 bits per heavy atom. The molecule has 0 aromatic carbocycles. The average Bonchev–Trinajstić information content (AvgIpc) is 2.86. The summed E-state index contributed by atoms with van der Waals surface area (Å²) in [6.07, 6.45) is 14.1. The molecule has 0 heterocycles. The molecular weight excluding hydrogens is 296 g/mol. The second-order valence-electron chi connectivity index (χ2n) is 8.47. The van der Waals surface area contributed by atoms with E-state index >= 15 is 0 Å². The fourth-order valence-electron chi connectivity index (χ4n) is 6.34. The Hall–Kier alpha value is -1.44. The number of rotatable bonds is 3. The lowest BCUT2D eigenvalue weighted by molar-refractivity contribution is -0.143. The molecule has 130 valence electrons. The highest BCUT2D eigenvalue weighted by Gasteiger charge is 2.61. The summed E-state index contributed by atoms with van der Waals surface area (Å²) in [6.45, 7) is 10.3. The van der Waals surface area contributed by atoms with Crippen LogP contribution in [0.4, 0.5) is 0 Å². The third kappa shape index (κ3) is 2.29. The normalized spacial score (nSPS) is 46.8. The first kappa shape index (κ1) is 17.4. The summed E-state index contributed by atoms with van der Waals surface area (Å²) in [7, 11) is 0. The van der Waals surface area contributed by atoms with Gasteiger partial charge in [0.1, 0.15) is 12.1 Å². The van der Waals surface area contributed by atoms with Crippen molar-refractivity contribution in [3.8, 4) is 0 Å². The minimum Gasteiger partial charge on any atom is -0.303 e. The smallest absolute Gasteiger partial charge is 0.138 e. The van der Waals surface area contributed by atoms with E-state index in [1.165, 1.54) is 5.57 Å². The van der Waals surface area contributed by atoms with Crippen molar-refractivity contribution in [2.45, 2.75) is 52.9 Å². The standard InChI is InChI=1S/C22H30O2/c1-5-7-15-8-10-17-18-11-9-16(14-23)22(18,4)13-19(24)20(17)21(15,3)12-6-2/h5-7,12,14,16-18,20H,1,8-11,13H2,2-4H3/b12-6-,15-7-. The van der Waals surface area contributed by atoms with Gasteiger partial charge >= 0.3 is 0 Å². The molecule has 3 saturated carbocycles. The number of hydrogen-bond donors (Lipinski definition) is 0. The van der Waals surface area contributed by atoms with Crippen LogP contribution in [0.25, 0.3) is 0 Å². The van der Waals surface area contributed by atoms with E-state index in [-0.39, 0.29) is 22.7 Å². The van der Waals surface area contributed by atoms with Crippen molar-refractivity contribution in [3.05, 3.63) is 36.5 Å². The predicted molar refractivity (Wildman–Crippen MR) is 97.4 cm³/mol. The van der Waals surface area contributed by atoms with E-state index in [1.54, 1.807) is 0 Å². The van der Waals surface area contributed by atoms with E-state index in [0.717, 1.165) is 32.0 Å². The molecule has 0 amide bonds. The van der Waals surface area contributed by atoms with Crippen molar-refractivity contribution in [2.75, 3.05) is 0 Å². The van der Waals surface area contributed by atoms with Crippen molar-refractivity contribution in [2.24, 2.45) is 34.5 Å². The molecule has 0 aromatic heterocycles. The highest BCUT2D eigenvalue weighted by molar-refractivity contribution is 5.86. The molecule has 3 aliphatic carbocycles. The van der Waals surface area contributed by atoms with E-state index in [0.29, 0.717) is 24.0 Å². The number of carbonyl (C=O) groups excluding carboxylic acids is 2. The molecule has 0 radical (unpaired) electrons. The first-order chi connectivity index (χ1) is 11.4. The minimum atomic E-state index is -0.205. The molecule has 24 heavy (non-hydrogen) atoms. The summed E-state index contributed by atoms with van der Waals surface area (Å²) in [6, 6.07) is 0. The number of aldehydes is 1. The molecule has 3 rings (SSSR count). The van der Waals surface area contributed by atoms with Gasteiger partial charge in [0.15, 0.2) is 0 Å². The van der Waals surface area contributed by atoms with Crippen LogP contribution in [0.5, 0.6) is 0 Å². The molecule has 0 aromatic rings. The van der Waals surface area contributed by atoms with Crippen LogP contribution in [-0.2, 0) is 9.59 Å². The molecule has 0 N–H and O–H groups in total. The SMILES string of the molecule is C=C/C=C1/CCC2C(C(=O)CC3(C)C(C=O)CCC23)C1(C)/C=C\C. The minimum absolute atomic E-state index is 0.0529. The topological polar surface area (TPSA) is 34.1 Å². The van der Waals surface area contributed by atoms with E-state index in [4.69, 9.17) is 0 Å². The first-order valence-electron chi connectivity index (χ1n) is 9.36. The lowest BCUT2D eigenvalue weighted by Gasteiger charge is -2.55. The Kier molecular flexibility index (Phi) is 4.44.